The largest absolute Gasteiger partial charge is 0.454 e. The molecule has 1 aliphatic heterocycles. The van der Waals surface area contributed by atoms with Gasteiger partial charge in [-0.05, 0) is 49.6 Å². The van der Waals surface area contributed by atoms with Crippen LogP contribution in [0.15, 0.2) is 52.9 Å². The van der Waals surface area contributed by atoms with E-state index in [1.54, 1.807) is 6.07 Å². The third-order valence-corrected chi connectivity index (χ3v) is 5.68. The quantitative estimate of drug-likeness (QED) is 0.428. The molecule has 5 rings (SSSR count). The molecule has 3 heterocycles. The van der Waals surface area contributed by atoms with Gasteiger partial charge >= 0.3 is 0 Å². The second kappa shape index (κ2) is 6.63. The molecule has 4 aromatic rings. The summed E-state index contributed by atoms with van der Waals surface area (Å²) in [6.45, 7) is 0.916. The first-order valence-corrected chi connectivity index (χ1v) is 9.76. The highest BCUT2D eigenvalue weighted by Crippen LogP contribution is 2.37. The number of para-hydroxylation sites is 1. The Morgan fingerprint density at radius 1 is 1.00 bits per heavy atom. The third kappa shape index (κ3) is 2.89. The number of anilines is 1. The first kappa shape index (κ1) is 16.7. The molecule has 0 aliphatic carbocycles. The summed E-state index contributed by atoms with van der Waals surface area (Å²) in [5.74, 6) is 1.79. The number of fused-ring (bicyclic) bond motifs is 2. The molecule has 136 valence electrons. The molecule has 0 bridgehead atoms. The number of hydrogen-bond donors (Lipinski definition) is 1. The Labute approximate surface area is 166 Å². The molecule has 0 radical (unpaired) electrons. The lowest BCUT2D eigenvalue weighted by Gasteiger charge is -2.10. The van der Waals surface area contributed by atoms with E-state index >= 15 is 0 Å². The van der Waals surface area contributed by atoms with Crippen LogP contribution >= 0.6 is 23.2 Å². The minimum Gasteiger partial charge on any atom is -0.454 e. The highest BCUT2D eigenvalue weighted by molar-refractivity contribution is 6.42. The van der Waals surface area contributed by atoms with Crippen molar-refractivity contribution in [1.29, 1.82) is 0 Å². The van der Waals surface area contributed by atoms with Crippen molar-refractivity contribution < 1.29 is 4.42 Å². The molecule has 1 N–H and O–H groups in total. The molecule has 6 heteroatoms. The van der Waals surface area contributed by atoms with Gasteiger partial charge in [0.25, 0.3) is 0 Å². The van der Waals surface area contributed by atoms with Crippen molar-refractivity contribution in [3.05, 3.63) is 64.1 Å². The first-order chi connectivity index (χ1) is 13.2. The second-order valence-electron chi connectivity index (χ2n) is 6.72. The van der Waals surface area contributed by atoms with Crippen LogP contribution in [0.25, 0.3) is 28.1 Å². The van der Waals surface area contributed by atoms with Gasteiger partial charge in [-0.1, -0.05) is 41.4 Å². The van der Waals surface area contributed by atoms with Crippen molar-refractivity contribution in [2.75, 3.05) is 11.9 Å². The van der Waals surface area contributed by atoms with E-state index in [0.29, 0.717) is 10.0 Å². The SMILES string of the molecule is Clc1ccc(-n2nc(-c3cc4ccccc4o3)c3c2NCCCC3)cc1Cl. The standard InChI is InChI=1S/C21H17Cl2N3O/c22-16-9-8-14(12-17(16)23)26-21-15(6-3-4-10-24-21)20(25-26)19-11-13-5-1-2-7-18(13)27-19/h1-2,5,7-9,11-12,24H,3-4,6,10H2. The zero-order valence-electron chi connectivity index (χ0n) is 14.5. The number of rotatable bonds is 2. The minimum atomic E-state index is 0.511. The van der Waals surface area contributed by atoms with Crippen LogP contribution in [0.4, 0.5) is 5.82 Å². The topological polar surface area (TPSA) is 43.0 Å². The summed E-state index contributed by atoms with van der Waals surface area (Å²) in [5, 5.41) is 10.6. The van der Waals surface area contributed by atoms with Crippen LogP contribution in [0.3, 0.4) is 0 Å². The highest BCUT2D eigenvalue weighted by Gasteiger charge is 2.24. The van der Waals surface area contributed by atoms with Crippen molar-refractivity contribution in [3.63, 3.8) is 0 Å². The lowest BCUT2D eigenvalue weighted by atomic mass is 10.1. The molecule has 0 saturated carbocycles. The molecule has 2 aromatic carbocycles. The van der Waals surface area contributed by atoms with Crippen LogP contribution in [-0.2, 0) is 6.42 Å². The summed E-state index contributed by atoms with van der Waals surface area (Å²) in [5.41, 5.74) is 3.80. The van der Waals surface area contributed by atoms with Crippen LogP contribution in [-0.4, -0.2) is 16.3 Å². The summed E-state index contributed by atoms with van der Waals surface area (Å²) in [7, 11) is 0. The van der Waals surface area contributed by atoms with Gasteiger partial charge in [-0.2, -0.15) is 5.10 Å². The number of nitrogens with zero attached hydrogens (tertiary/aromatic N) is 2. The minimum absolute atomic E-state index is 0.511. The lowest BCUT2D eigenvalue weighted by Crippen LogP contribution is -2.07. The fraction of sp³-hybridized carbons (Fsp3) is 0.190. The molecule has 0 saturated heterocycles. The zero-order chi connectivity index (χ0) is 18.4. The molecule has 27 heavy (non-hydrogen) atoms. The van der Waals surface area contributed by atoms with Crippen LogP contribution in [0.5, 0.6) is 0 Å². The van der Waals surface area contributed by atoms with Gasteiger partial charge in [-0.25, -0.2) is 4.68 Å². The van der Waals surface area contributed by atoms with E-state index in [0.717, 1.165) is 59.7 Å². The maximum Gasteiger partial charge on any atom is 0.156 e. The molecule has 0 amide bonds. The van der Waals surface area contributed by atoms with Crippen LogP contribution in [0.2, 0.25) is 10.0 Å². The molecule has 0 unspecified atom stereocenters. The maximum absolute atomic E-state index is 6.24. The van der Waals surface area contributed by atoms with E-state index in [1.165, 1.54) is 5.56 Å². The average Bonchev–Trinajstić information content (AvgIpc) is 3.17. The predicted molar refractivity (Wildman–Crippen MR) is 110 cm³/mol. The van der Waals surface area contributed by atoms with E-state index in [1.807, 2.05) is 35.0 Å². The van der Waals surface area contributed by atoms with Gasteiger partial charge in [0.1, 0.15) is 17.1 Å². The van der Waals surface area contributed by atoms with Gasteiger partial charge < -0.3 is 9.73 Å². The van der Waals surface area contributed by atoms with Gasteiger partial charge in [-0.15, -0.1) is 0 Å². The summed E-state index contributed by atoms with van der Waals surface area (Å²) >= 11 is 12.3. The summed E-state index contributed by atoms with van der Waals surface area (Å²) in [4.78, 5) is 0. The Balaban J connectivity index is 1.71. The average molecular weight is 398 g/mol. The Hall–Kier alpha value is -2.43. The summed E-state index contributed by atoms with van der Waals surface area (Å²) in [6, 6.07) is 15.6. The molecule has 0 atom stereocenters. The molecular formula is C21H17Cl2N3O. The molecule has 1 aliphatic rings. The molecule has 0 spiro atoms. The van der Waals surface area contributed by atoms with Crippen molar-refractivity contribution >= 4 is 40.0 Å². The van der Waals surface area contributed by atoms with Gasteiger partial charge in [0.15, 0.2) is 5.76 Å². The summed E-state index contributed by atoms with van der Waals surface area (Å²) < 4.78 is 8.01. The number of furan rings is 1. The molecule has 4 nitrogen and oxygen atoms in total. The van der Waals surface area contributed by atoms with Crippen molar-refractivity contribution in [3.8, 4) is 17.1 Å². The number of benzene rings is 2. The van der Waals surface area contributed by atoms with Gasteiger partial charge in [-0.3, -0.25) is 0 Å². The highest BCUT2D eigenvalue weighted by atomic mass is 35.5. The van der Waals surface area contributed by atoms with Gasteiger partial charge in [0, 0.05) is 17.5 Å². The Morgan fingerprint density at radius 2 is 1.89 bits per heavy atom. The predicted octanol–water partition coefficient (Wildman–Crippen LogP) is 6.34. The molecule has 2 aromatic heterocycles. The first-order valence-electron chi connectivity index (χ1n) is 9.01. The normalized spacial score (nSPS) is 14.0. The van der Waals surface area contributed by atoms with E-state index in [4.69, 9.17) is 32.7 Å². The van der Waals surface area contributed by atoms with E-state index in [9.17, 15) is 0 Å². The fourth-order valence-electron chi connectivity index (χ4n) is 3.60. The van der Waals surface area contributed by atoms with E-state index in [2.05, 4.69) is 17.4 Å². The molecular weight excluding hydrogens is 381 g/mol. The smallest absolute Gasteiger partial charge is 0.156 e. The summed E-state index contributed by atoms with van der Waals surface area (Å²) in [6.07, 6.45) is 3.19. The van der Waals surface area contributed by atoms with Crippen LogP contribution in [0.1, 0.15) is 18.4 Å². The van der Waals surface area contributed by atoms with E-state index in [-0.39, 0.29) is 0 Å². The van der Waals surface area contributed by atoms with Crippen molar-refractivity contribution in [1.82, 2.24) is 9.78 Å². The Bertz CT molecular complexity index is 1110. The second-order valence-corrected chi connectivity index (χ2v) is 7.53. The third-order valence-electron chi connectivity index (χ3n) is 4.94. The van der Waals surface area contributed by atoms with Crippen molar-refractivity contribution in [2.24, 2.45) is 0 Å². The van der Waals surface area contributed by atoms with E-state index < -0.39 is 0 Å². The number of nitrogens with one attached hydrogen (secondary N) is 1. The van der Waals surface area contributed by atoms with Crippen molar-refractivity contribution in [2.45, 2.75) is 19.3 Å². The van der Waals surface area contributed by atoms with Gasteiger partial charge in [0.05, 0.1) is 15.7 Å². The monoisotopic (exact) mass is 397 g/mol. The fourth-order valence-corrected chi connectivity index (χ4v) is 3.89. The lowest BCUT2D eigenvalue weighted by molar-refractivity contribution is 0.625. The molecule has 0 fully saturated rings. The zero-order valence-corrected chi connectivity index (χ0v) is 16.0. The number of aromatic nitrogens is 2. The Kier molecular flexibility index (Phi) is 4.10. The van der Waals surface area contributed by atoms with Crippen LogP contribution in [0, 0.1) is 0 Å². The number of halogens is 2. The maximum atomic E-state index is 6.24. The Morgan fingerprint density at radius 3 is 2.74 bits per heavy atom. The van der Waals surface area contributed by atoms with Gasteiger partial charge in [0.2, 0.25) is 0 Å². The number of hydrogen-bond acceptors (Lipinski definition) is 3. The van der Waals surface area contributed by atoms with Crippen LogP contribution < -0.4 is 5.32 Å².